The summed E-state index contributed by atoms with van der Waals surface area (Å²) in [5.74, 6) is -0.430. The van der Waals surface area contributed by atoms with Gasteiger partial charge in [0.2, 0.25) is 5.91 Å². The van der Waals surface area contributed by atoms with Crippen LogP contribution in [-0.4, -0.2) is 36.8 Å². The van der Waals surface area contributed by atoms with E-state index in [-0.39, 0.29) is 46.8 Å². The summed E-state index contributed by atoms with van der Waals surface area (Å²) in [6.07, 6.45) is 0.796. The largest absolute Gasteiger partial charge is 0.428 e. The van der Waals surface area contributed by atoms with E-state index in [0.717, 1.165) is 6.42 Å². The van der Waals surface area contributed by atoms with Crippen LogP contribution in [0.3, 0.4) is 0 Å². The molecule has 1 saturated heterocycles. The fourth-order valence-electron chi connectivity index (χ4n) is 3.44. The van der Waals surface area contributed by atoms with E-state index in [1.807, 2.05) is 0 Å². The molecule has 1 aromatic rings. The van der Waals surface area contributed by atoms with E-state index >= 15 is 0 Å². The predicted octanol–water partition coefficient (Wildman–Crippen LogP) is 4.37. The molecule has 5 nitrogen and oxygen atoms in total. The third kappa shape index (κ3) is 5.02. The van der Waals surface area contributed by atoms with Crippen molar-refractivity contribution in [3.8, 4) is 0 Å². The summed E-state index contributed by atoms with van der Waals surface area (Å²) in [6, 6.07) is 4.63. The number of amides is 2. The predicted molar refractivity (Wildman–Crippen MR) is 115 cm³/mol. The third-order valence-corrected chi connectivity index (χ3v) is 6.27. The lowest BCUT2D eigenvalue weighted by molar-refractivity contribution is -0.121. The van der Waals surface area contributed by atoms with Crippen molar-refractivity contribution in [3.05, 3.63) is 33.8 Å². The SMILES string of the molecule is CC(C)C[C@H](NC(=O)CNC(=O)c1cc(Cl)ccc1Cl)B1OC(C)(C)C1(C)C. The molecule has 8 heteroatoms. The van der Waals surface area contributed by atoms with Gasteiger partial charge in [-0.2, -0.15) is 0 Å². The minimum Gasteiger partial charge on any atom is -0.428 e. The van der Waals surface area contributed by atoms with Crippen LogP contribution >= 0.6 is 23.2 Å². The van der Waals surface area contributed by atoms with Crippen LogP contribution in [0.15, 0.2) is 18.2 Å². The average Bonchev–Trinajstić information content (AvgIpc) is 2.58. The van der Waals surface area contributed by atoms with Crippen molar-refractivity contribution < 1.29 is 14.2 Å². The van der Waals surface area contributed by atoms with Crippen molar-refractivity contribution in [2.24, 2.45) is 5.92 Å². The van der Waals surface area contributed by atoms with E-state index in [9.17, 15) is 9.59 Å². The smallest absolute Gasteiger partial charge is 0.324 e. The number of halogens is 2. The molecule has 0 unspecified atom stereocenters. The van der Waals surface area contributed by atoms with Gasteiger partial charge in [-0.05, 0) is 49.7 Å². The Morgan fingerprint density at radius 3 is 2.36 bits per heavy atom. The Balaban J connectivity index is 1.98. The maximum absolute atomic E-state index is 12.5. The molecule has 0 aromatic heterocycles. The molecule has 1 aliphatic heterocycles. The number of nitrogens with one attached hydrogen (secondary N) is 2. The lowest BCUT2D eigenvalue weighted by Gasteiger charge is -2.59. The molecule has 0 bridgehead atoms. The van der Waals surface area contributed by atoms with Crippen LogP contribution in [-0.2, 0) is 9.45 Å². The van der Waals surface area contributed by atoms with E-state index in [1.165, 1.54) is 6.07 Å². The molecule has 1 atom stereocenters. The number of carbonyl (C=O) groups excluding carboxylic acids is 2. The first-order valence-electron chi connectivity index (χ1n) is 9.55. The van der Waals surface area contributed by atoms with E-state index in [4.69, 9.17) is 27.9 Å². The number of benzene rings is 1. The van der Waals surface area contributed by atoms with Crippen molar-refractivity contribution >= 4 is 41.9 Å². The summed E-state index contributed by atoms with van der Waals surface area (Å²) < 4.78 is 6.10. The fourth-order valence-corrected chi connectivity index (χ4v) is 3.81. The summed E-state index contributed by atoms with van der Waals surface area (Å²) in [6.45, 7) is 12.4. The average molecular weight is 427 g/mol. The Morgan fingerprint density at radius 1 is 1.18 bits per heavy atom. The van der Waals surface area contributed by atoms with Crippen molar-refractivity contribution in [3.63, 3.8) is 0 Å². The van der Waals surface area contributed by atoms with Crippen molar-refractivity contribution in [2.45, 2.75) is 64.8 Å². The lowest BCUT2D eigenvalue weighted by Crippen LogP contribution is -2.69. The molecule has 28 heavy (non-hydrogen) atoms. The summed E-state index contributed by atoms with van der Waals surface area (Å²) in [5.41, 5.74) is 0.000673. The van der Waals surface area contributed by atoms with Crippen LogP contribution in [0, 0.1) is 5.92 Å². The van der Waals surface area contributed by atoms with Gasteiger partial charge in [0.05, 0.1) is 17.1 Å². The molecule has 0 aliphatic carbocycles. The van der Waals surface area contributed by atoms with Crippen LogP contribution in [0.1, 0.15) is 58.3 Å². The normalized spacial score (nSPS) is 18.4. The van der Waals surface area contributed by atoms with E-state index in [1.54, 1.807) is 12.1 Å². The Bertz CT molecular complexity index is 753. The van der Waals surface area contributed by atoms with E-state index in [2.05, 4.69) is 52.2 Å². The fraction of sp³-hybridized carbons (Fsp3) is 0.600. The molecule has 1 aliphatic rings. The van der Waals surface area contributed by atoms with Crippen LogP contribution < -0.4 is 10.6 Å². The highest BCUT2D eigenvalue weighted by Crippen LogP contribution is 2.54. The highest BCUT2D eigenvalue weighted by atomic mass is 35.5. The first-order valence-corrected chi connectivity index (χ1v) is 10.3. The quantitative estimate of drug-likeness (QED) is 0.636. The maximum atomic E-state index is 12.5. The topological polar surface area (TPSA) is 67.4 Å². The summed E-state index contributed by atoms with van der Waals surface area (Å²) in [4.78, 5) is 24.8. The van der Waals surface area contributed by atoms with Gasteiger partial charge in [-0.3, -0.25) is 9.59 Å². The van der Waals surface area contributed by atoms with Gasteiger partial charge in [0.25, 0.3) is 5.91 Å². The molecule has 2 amide bonds. The monoisotopic (exact) mass is 426 g/mol. The van der Waals surface area contributed by atoms with Crippen LogP contribution in [0.2, 0.25) is 15.4 Å². The summed E-state index contributed by atoms with van der Waals surface area (Å²) in [5, 5.41) is 6.26. The van der Waals surface area contributed by atoms with Gasteiger partial charge in [-0.15, -0.1) is 0 Å². The summed E-state index contributed by atoms with van der Waals surface area (Å²) >= 11 is 12.0. The van der Waals surface area contributed by atoms with Crippen molar-refractivity contribution in [1.29, 1.82) is 0 Å². The zero-order valence-corrected chi connectivity index (χ0v) is 18.9. The van der Waals surface area contributed by atoms with Crippen molar-refractivity contribution in [2.75, 3.05) is 6.54 Å². The molecule has 0 radical (unpaired) electrons. The number of hydrogen-bond acceptors (Lipinski definition) is 3. The Kier molecular flexibility index (Phi) is 7.11. The second-order valence-electron chi connectivity index (χ2n) is 8.88. The second kappa shape index (κ2) is 8.64. The van der Waals surface area contributed by atoms with Crippen molar-refractivity contribution in [1.82, 2.24) is 10.6 Å². The standard InChI is InChI=1S/C20H29BCl2N2O3/c1-12(2)9-16(21-19(3,4)20(5,6)28-21)25-17(26)11-24-18(27)14-10-13(22)7-8-15(14)23/h7-8,10,12,16H,9,11H2,1-6H3,(H,24,27)(H,25,26)/t16-/m0/s1. The molecule has 1 aromatic carbocycles. The van der Waals surface area contributed by atoms with E-state index in [0.29, 0.717) is 10.9 Å². The minimum atomic E-state index is -0.440. The third-order valence-electron chi connectivity index (χ3n) is 5.70. The first kappa shape index (κ1) is 23.0. The molecular formula is C20H29BCl2N2O3. The Hall–Kier alpha value is -1.24. The van der Waals surface area contributed by atoms with Gasteiger partial charge in [0, 0.05) is 16.6 Å². The molecule has 1 fully saturated rings. The lowest BCUT2D eigenvalue weighted by atomic mass is 9.32. The van der Waals surface area contributed by atoms with Crippen LogP contribution in [0.25, 0.3) is 0 Å². The number of hydrogen-bond donors (Lipinski definition) is 2. The molecule has 0 saturated carbocycles. The van der Waals surface area contributed by atoms with Gasteiger partial charge in [-0.25, -0.2) is 0 Å². The van der Waals surface area contributed by atoms with Gasteiger partial charge >= 0.3 is 6.92 Å². The second-order valence-corrected chi connectivity index (χ2v) is 9.72. The Morgan fingerprint density at radius 2 is 1.82 bits per heavy atom. The summed E-state index contributed by atoms with van der Waals surface area (Å²) in [7, 11) is 0. The van der Waals surface area contributed by atoms with Crippen LogP contribution in [0.4, 0.5) is 0 Å². The molecular weight excluding hydrogens is 398 g/mol. The zero-order valence-electron chi connectivity index (χ0n) is 17.4. The van der Waals surface area contributed by atoms with Gasteiger partial charge in [0.15, 0.2) is 0 Å². The highest BCUT2D eigenvalue weighted by molar-refractivity contribution is 6.61. The van der Waals surface area contributed by atoms with Gasteiger partial charge in [0.1, 0.15) is 0 Å². The highest BCUT2D eigenvalue weighted by Gasteiger charge is 2.61. The van der Waals surface area contributed by atoms with Gasteiger partial charge in [-0.1, -0.05) is 50.9 Å². The van der Waals surface area contributed by atoms with E-state index < -0.39 is 5.91 Å². The maximum Gasteiger partial charge on any atom is 0.324 e. The van der Waals surface area contributed by atoms with Crippen LogP contribution in [0.5, 0.6) is 0 Å². The Labute approximate surface area is 178 Å². The van der Waals surface area contributed by atoms with Gasteiger partial charge < -0.3 is 15.3 Å². The minimum absolute atomic E-state index is 0.0720. The zero-order chi connectivity index (χ0) is 21.3. The molecule has 1 heterocycles. The number of carbonyl (C=O) groups is 2. The molecule has 154 valence electrons. The molecule has 2 N–H and O–H groups in total. The molecule has 0 spiro atoms. The molecule has 2 rings (SSSR count). The number of rotatable bonds is 7. The first-order chi connectivity index (χ1) is 12.8.